The van der Waals surface area contributed by atoms with Gasteiger partial charge >= 0.3 is 0 Å². The zero-order valence-electron chi connectivity index (χ0n) is 10.2. The zero-order chi connectivity index (χ0) is 14.5. The van der Waals surface area contributed by atoms with Crippen molar-refractivity contribution in [2.75, 3.05) is 11.1 Å². The second-order valence-electron chi connectivity index (χ2n) is 3.92. The second kappa shape index (κ2) is 7.11. The fraction of sp³-hybridized carbons (Fsp3) is 0.0714. The van der Waals surface area contributed by atoms with Crippen LogP contribution in [-0.4, -0.2) is 11.7 Å². The molecule has 0 fully saturated rings. The molecule has 0 radical (unpaired) electrons. The van der Waals surface area contributed by atoms with Gasteiger partial charge < -0.3 is 5.32 Å². The van der Waals surface area contributed by atoms with Crippen LogP contribution in [-0.2, 0) is 4.79 Å². The van der Waals surface area contributed by atoms with E-state index in [1.165, 1.54) is 23.9 Å². The van der Waals surface area contributed by atoms with Crippen LogP contribution in [0.2, 0.25) is 5.02 Å². The van der Waals surface area contributed by atoms with Gasteiger partial charge in [0.25, 0.3) is 0 Å². The predicted octanol–water partition coefficient (Wildman–Crippen LogP) is 4.97. The van der Waals surface area contributed by atoms with E-state index in [1.54, 1.807) is 30.3 Å². The highest BCUT2D eigenvalue weighted by Gasteiger charge is 2.05. The molecule has 0 saturated carbocycles. The summed E-state index contributed by atoms with van der Waals surface area (Å²) in [5.74, 6) is -0.180. The van der Waals surface area contributed by atoms with E-state index in [4.69, 9.17) is 11.6 Å². The number of nitrogens with one attached hydrogen (secondary N) is 1. The third-order valence-electron chi connectivity index (χ3n) is 2.39. The van der Waals surface area contributed by atoms with Crippen molar-refractivity contribution in [2.24, 2.45) is 0 Å². The number of benzene rings is 2. The van der Waals surface area contributed by atoms with Crippen molar-refractivity contribution in [3.63, 3.8) is 0 Å². The molecule has 0 aliphatic carbocycles. The van der Waals surface area contributed by atoms with Crippen molar-refractivity contribution in [2.45, 2.75) is 4.90 Å². The van der Waals surface area contributed by atoms with Crippen LogP contribution in [0.5, 0.6) is 0 Å². The number of halogens is 3. The standard InChI is InChI=1S/C14H10BrClFNOS/c15-12-6-3-10(7-13(12)16)18-14(19)8-20-11-4-1-9(17)2-5-11/h1-7H,8H2,(H,18,19). The zero-order valence-corrected chi connectivity index (χ0v) is 13.4. The average molecular weight is 375 g/mol. The van der Waals surface area contributed by atoms with E-state index in [1.807, 2.05) is 0 Å². The van der Waals surface area contributed by atoms with E-state index < -0.39 is 0 Å². The first-order valence-corrected chi connectivity index (χ1v) is 7.83. The molecule has 0 atom stereocenters. The summed E-state index contributed by atoms with van der Waals surface area (Å²) in [5.41, 5.74) is 0.642. The highest BCUT2D eigenvalue weighted by atomic mass is 79.9. The van der Waals surface area contributed by atoms with Crippen LogP contribution in [0.4, 0.5) is 10.1 Å². The molecule has 1 amide bonds. The fourth-order valence-electron chi connectivity index (χ4n) is 1.45. The maximum atomic E-state index is 12.7. The lowest BCUT2D eigenvalue weighted by Crippen LogP contribution is -2.13. The molecule has 0 aliphatic rings. The molecule has 1 N–H and O–H groups in total. The van der Waals surface area contributed by atoms with E-state index in [0.29, 0.717) is 10.7 Å². The van der Waals surface area contributed by atoms with Crippen LogP contribution < -0.4 is 5.32 Å². The lowest BCUT2D eigenvalue weighted by molar-refractivity contribution is -0.113. The van der Waals surface area contributed by atoms with Gasteiger partial charge in [0.2, 0.25) is 5.91 Å². The summed E-state index contributed by atoms with van der Waals surface area (Å²) < 4.78 is 13.5. The first kappa shape index (κ1) is 15.4. The monoisotopic (exact) mass is 373 g/mol. The molecule has 0 saturated heterocycles. The van der Waals surface area contributed by atoms with E-state index >= 15 is 0 Å². The van der Waals surface area contributed by atoms with Crippen LogP contribution in [0.15, 0.2) is 51.8 Å². The lowest BCUT2D eigenvalue weighted by atomic mass is 10.3. The third kappa shape index (κ3) is 4.51. The molecule has 2 nitrogen and oxygen atoms in total. The van der Waals surface area contributed by atoms with Crippen LogP contribution in [0, 0.1) is 5.82 Å². The van der Waals surface area contributed by atoms with Crippen molar-refractivity contribution in [1.29, 1.82) is 0 Å². The normalized spacial score (nSPS) is 10.3. The Morgan fingerprint density at radius 1 is 1.25 bits per heavy atom. The maximum absolute atomic E-state index is 12.7. The fourth-order valence-corrected chi connectivity index (χ4v) is 2.58. The average Bonchev–Trinajstić information content (AvgIpc) is 2.42. The first-order valence-electron chi connectivity index (χ1n) is 5.68. The Kier molecular flexibility index (Phi) is 5.46. The second-order valence-corrected chi connectivity index (χ2v) is 6.23. The Morgan fingerprint density at radius 3 is 2.60 bits per heavy atom. The smallest absolute Gasteiger partial charge is 0.234 e. The number of amides is 1. The van der Waals surface area contributed by atoms with Gasteiger partial charge in [-0.25, -0.2) is 4.39 Å². The molecule has 0 spiro atoms. The van der Waals surface area contributed by atoms with E-state index in [9.17, 15) is 9.18 Å². The molecule has 2 aromatic rings. The van der Waals surface area contributed by atoms with Gasteiger partial charge in [0.15, 0.2) is 0 Å². The van der Waals surface area contributed by atoms with Gasteiger partial charge in [0.1, 0.15) is 5.82 Å². The van der Waals surface area contributed by atoms with Crippen LogP contribution >= 0.6 is 39.3 Å². The molecule has 0 unspecified atom stereocenters. The molecule has 2 rings (SSSR count). The van der Waals surface area contributed by atoms with Gasteiger partial charge in [0, 0.05) is 15.1 Å². The molecule has 20 heavy (non-hydrogen) atoms. The van der Waals surface area contributed by atoms with Crippen molar-refractivity contribution < 1.29 is 9.18 Å². The molecular weight excluding hydrogens is 365 g/mol. The van der Waals surface area contributed by atoms with Gasteiger partial charge in [0.05, 0.1) is 10.8 Å². The first-order chi connectivity index (χ1) is 9.54. The minimum Gasteiger partial charge on any atom is -0.325 e. The number of anilines is 1. The van der Waals surface area contributed by atoms with Gasteiger partial charge in [-0.15, -0.1) is 11.8 Å². The summed E-state index contributed by atoms with van der Waals surface area (Å²) in [4.78, 5) is 12.6. The Balaban J connectivity index is 1.89. The SMILES string of the molecule is O=C(CSc1ccc(F)cc1)Nc1ccc(Br)c(Cl)c1. The van der Waals surface area contributed by atoms with Gasteiger partial charge in [-0.1, -0.05) is 11.6 Å². The molecule has 104 valence electrons. The summed E-state index contributed by atoms with van der Waals surface area (Å²) in [7, 11) is 0. The summed E-state index contributed by atoms with van der Waals surface area (Å²) in [6.07, 6.45) is 0. The minimum atomic E-state index is -0.289. The molecule has 0 aromatic heterocycles. The quantitative estimate of drug-likeness (QED) is 0.765. The summed E-state index contributed by atoms with van der Waals surface area (Å²) in [6, 6.07) is 11.2. The highest BCUT2D eigenvalue weighted by Crippen LogP contribution is 2.26. The number of thioether (sulfide) groups is 1. The van der Waals surface area contributed by atoms with Crippen LogP contribution in [0.25, 0.3) is 0 Å². The molecule has 0 heterocycles. The van der Waals surface area contributed by atoms with Gasteiger partial charge in [-0.05, 0) is 58.4 Å². The summed E-state index contributed by atoms with van der Waals surface area (Å²) >= 11 is 10.6. The van der Waals surface area contributed by atoms with E-state index in [-0.39, 0.29) is 17.5 Å². The minimum absolute atomic E-state index is 0.141. The molecule has 0 bridgehead atoms. The van der Waals surface area contributed by atoms with Gasteiger partial charge in [-0.3, -0.25) is 4.79 Å². The predicted molar refractivity (Wildman–Crippen MR) is 84.9 cm³/mol. The Hall–Kier alpha value is -1.04. The Bertz CT molecular complexity index is 621. The van der Waals surface area contributed by atoms with E-state index in [2.05, 4.69) is 21.2 Å². The third-order valence-corrected chi connectivity index (χ3v) is 4.63. The van der Waals surface area contributed by atoms with E-state index in [0.717, 1.165) is 9.37 Å². The van der Waals surface area contributed by atoms with Crippen molar-refractivity contribution in [3.8, 4) is 0 Å². The molecule has 2 aromatic carbocycles. The van der Waals surface area contributed by atoms with Crippen molar-refractivity contribution in [1.82, 2.24) is 0 Å². The highest BCUT2D eigenvalue weighted by molar-refractivity contribution is 9.10. The summed E-state index contributed by atoms with van der Waals surface area (Å²) in [5, 5.41) is 3.29. The number of carbonyl (C=O) groups excluding carboxylic acids is 1. The molecular formula is C14H10BrClFNOS. The maximum Gasteiger partial charge on any atom is 0.234 e. The topological polar surface area (TPSA) is 29.1 Å². The number of rotatable bonds is 4. The number of carbonyl (C=O) groups is 1. The van der Waals surface area contributed by atoms with Crippen LogP contribution in [0.3, 0.4) is 0 Å². The largest absolute Gasteiger partial charge is 0.325 e. The number of hydrogen-bond acceptors (Lipinski definition) is 2. The number of hydrogen-bond donors (Lipinski definition) is 1. The molecule has 0 aliphatic heterocycles. The van der Waals surface area contributed by atoms with Crippen LogP contribution in [0.1, 0.15) is 0 Å². The Morgan fingerprint density at radius 2 is 1.95 bits per heavy atom. The summed E-state index contributed by atoms with van der Waals surface area (Å²) in [6.45, 7) is 0. The van der Waals surface area contributed by atoms with Crippen molar-refractivity contribution >= 4 is 50.9 Å². The van der Waals surface area contributed by atoms with Gasteiger partial charge in [-0.2, -0.15) is 0 Å². The molecule has 6 heteroatoms. The lowest BCUT2D eigenvalue weighted by Gasteiger charge is -2.06. The Labute approximate surface area is 133 Å². The van der Waals surface area contributed by atoms with Crippen molar-refractivity contribution in [3.05, 3.63) is 57.8 Å².